The van der Waals surface area contributed by atoms with Gasteiger partial charge in [0.2, 0.25) is 5.91 Å². The van der Waals surface area contributed by atoms with Gasteiger partial charge in [-0.2, -0.15) is 0 Å². The van der Waals surface area contributed by atoms with Gasteiger partial charge in [0.1, 0.15) is 12.3 Å². The van der Waals surface area contributed by atoms with E-state index in [0.29, 0.717) is 6.42 Å². The number of nitrogens with one attached hydrogen (secondary N) is 1. The first kappa shape index (κ1) is 19.9. The molecule has 1 fully saturated rings. The second-order valence-electron chi connectivity index (χ2n) is 7.00. The minimum absolute atomic E-state index is 0.133. The van der Waals surface area contributed by atoms with Crippen molar-refractivity contribution in [1.29, 1.82) is 0 Å². The van der Waals surface area contributed by atoms with E-state index in [1.807, 2.05) is 49.1 Å². The van der Waals surface area contributed by atoms with Crippen LogP contribution < -0.4 is 5.32 Å². The highest BCUT2D eigenvalue weighted by Crippen LogP contribution is 2.30. The predicted molar refractivity (Wildman–Crippen MR) is 95.1 cm³/mol. The Morgan fingerprint density at radius 3 is 2.50 bits per heavy atom. The highest BCUT2D eigenvalue weighted by Gasteiger charge is 2.41. The molecule has 0 aromatic heterocycles. The standard InChI is InChI=1S/C19H26N2O5/c1-12(2)9-15(16(10-18(24)25)26-13(3)22)21-11-17(23)20-19(21)14-7-5-4-6-8-14/h4-8,12,15-16,19H,9-11H2,1-3H3,(H,20,23)(H,24,25). The summed E-state index contributed by atoms with van der Waals surface area (Å²) in [6, 6.07) is 9.09. The average Bonchev–Trinajstić information content (AvgIpc) is 2.93. The molecule has 7 nitrogen and oxygen atoms in total. The second kappa shape index (κ2) is 8.80. The summed E-state index contributed by atoms with van der Waals surface area (Å²) in [5.41, 5.74) is 0.906. The smallest absolute Gasteiger partial charge is 0.307 e. The normalized spacial score (nSPS) is 19.8. The number of carboxylic acid groups (broad SMARTS) is 1. The van der Waals surface area contributed by atoms with E-state index in [4.69, 9.17) is 4.74 Å². The van der Waals surface area contributed by atoms with Crippen molar-refractivity contribution < 1.29 is 24.2 Å². The molecule has 1 aromatic carbocycles. The third-order valence-electron chi connectivity index (χ3n) is 4.33. The number of hydrogen-bond donors (Lipinski definition) is 2. The van der Waals surface area contributed by atoms with Crippen LogP contribution in [0.1, 0.15) is 45.3 Å². The maximum absolute atomic E-state index is 12.1. The Kier molecular flexibility index (Phi) is 6.74. The van der Waals surface area contributed by atoms with Crippen LogP contribution in [0.4, 0.5) is 0 Å². The number of ether oxygens (including phenoxy) is 1. The summed E-state index contributed by atoms with van der Waals surface area (Å²) in [6.07, 6.45) is -0.905. The SMILES string of the molecule is CC(=O)OC(CC(=O)O)C(CC(C)C)N1CC(=O)NC1c1ccccc1. The molecule has 1 amide bonds. The van der Waals surface area contributed by atoms with Gasteiger partial charge in [-0.3, -0.25) is 19.3 Å². The molecule has 0 bridgehead atoms. The molecule has 1 aliphatic heterocycles. The minimum Gasteiger partial charge on any atom is -0.481 e. The molecule has 26 heavy (non-hydrogen) atoms. The lowest BCUT2D eigenvalue weighted by Gasteiger charge is -2.37. The van der Waals surface area contributed by atoms with Crippen molar-refractivity contribution in [3.8, 4) is 0 Å². The van der Waals surface area contributed by atoms with Gasteiger partial charge in [0.05, 0.1) is 19.0 Å². The molecule has 1 aromatic rings. The molecular formula is C19H26N2O5. The zero-order valence-corrected chi connectivity index (χ0v) is 15.3. The van der Waals surface area contributed by atoms with Gasteiger partial charge in [-0.05, 0) is 17.9 Å². The topological polar surface area (TPSA) is 95.9 Å². The molecule has 1 saturated heterocycles. The first-order valence-electron chi connectivity index (χ1n) is 8.77. The number of benzene rings is 1. The summed E-state index contributed by atoms with van der Waals surface area (Å²) in [7, 11) is 0. The number of carboxylic acids is 1. The summed E-state index contributed by atoms with van der Waals surface area (Å²) >= 11 is 0. The molecule has 1 heterocycles. The van der Waals surface area contributed by atoms with Crippen LogP contribution in [-0.2, 0) is 19.1 Å². The van der Waals surface area contributed by atoms with E-state index in [1.165, 1.54) is 6.92 Å². The van der Waals surface area contributed by atoms with E-state index in [9.17, 15) is 19.5 Å². The van der Waals surface area contributed by atoms with Gasteiger partial charge in [0, 0.05) is 6.92 Å². The number of nitrogens with zero attached hydrogens (tertiary/aromatic N) is 1. The number of hydrogen-bond acceptors (Lipinski definition) is 5. The van der Waals surface area contributed by atoms with Crippen LogP contribution in [-0.4, -0.2) is 46.5 Å². The van der Waals surface area contributed by atoms with Gasteiger partial charge in [-0.1, -0.05) is 44.2 Å². The highest BCUT2D eigenvalue weighted by atomic mass is 16.5. The largest absolute Gasteiger partial charge is 0.481 e. The molecule has 142 valence electrons. The van der Waals surface area contributed by atoms with E-state index < -0.39 is 18.0 Å². The fraction of sp³-hybridized carbons (Fsp3) is 0.526. The van der Waals surface area contributed by atoms with Crippen molar-refractivity contribution in [1.82, 2.24) is 10.2 Å². The molecule has 3 unspecified atom stereocenters. The third kappa shape index (κ3) is 5.29. The van der Waals surface area contributed by atoms with E-state index in [-0.39, 0.29) is 37.0 Å². The zero-order chi connectivity index (χ0) is 19.3. The van der Waals surface area contributed by atoms with Crippen LogP contribution in [0.5, 0.6) is 0 Å². The molecule has 0 radical (unpaired) electrons. The van der Waals surface area contributed by atoms with E-state index >= 15 is 0 Å². The Balaban J connectivity index is 2.36. The lowest BCUT2D eigenvalue weighted by molar-refractivity contribution is -0.155. The molecule has 7 heteroatoms. The Labute approximate surface area is 153 Å². The maximum atomic E-state index is 12.1. The molecule has 1 aliphatic rings. The predicted octanol–water partition coefficient (Wildman–Crippen LogP) is 1.94. The van der Waals surface area contributed by atoms with Gasteiger partial charge in [-0.25, -0.2) is 0 Å². The molecule has 2 N–H and O–H groups in total. The number of rotatable bonds is 8. The molecule has 0 aliphatic carbocycles. The van der Waals surface area contributed by atoms with Crippen LogP contribution in [0.2, 0.25) is 0 Å². The minimum atomic E-state index is -1.04. The first-order chi connectivity index (χ1) is 12.3. The van der Waals surface area contributed by atoms with Gasteiger partial charge in [-0.15, -0.1) is 0 Å². The van der Waals surface area contributed by atoms with E-state index in [0.717, 1.165) is 5.56 Å². The van der Waals surface area contributed by atoms with Crippen LogP contribution in [0.3, 0.4) is 0 Å². The summed E-state index contributed by atoms with van der Waals surface area (Å²) < 4.78 is 5.36. The van der Waals surface area contributed by atoms with Crippen molar-refractivity contribution in [3.63, 3.8) is 0 Å². The quantitative estimate of drug-likeness (QED) is 0.686. The van der Waals surface area contributed by atoms with Gasteiger partial charge >= 0.3 is 11.9 Å². The third-order valence-corrected chi connectivity index (χ3v) is 4.33. The Morgan fingerprint density at radius 1 is 1.31 bits per heavy atom. The lowest BCUT2D eigenvalue weighted by Crippen LogP contribution is -2.47. The number of carbonyl (C=O) groups is 3. The molecule has 3 atom stereocenters. The van der Waals surface area contributed by atoms with Crippen molar-refractivity contribution in [2.75, 3.05) is 6.54 Å². The second-order valence-corrected chi connectivity index (χ2v) is 7.00. The van der Waals surface area contributed by atoms with Gasteiger partial charge in [0.15, 0.2) is 0 Å². The molecular weight excluding hydrogens is 336 g/mol. The van der Waals surface area contributed by atoms with Crippen LogP contribution in [0.25, 0.3) is 0 Å². The number of esters is 1. The summed E-state index contributed by atoms with van der Waals surface area (Å²) in [6.45, 7) is 5.43. The van der Waals surface area contributed by atoms with E-state index in [1.54, 1.807) is 0 Å². The van der Waals surface area contributed by atoms with Crippen molar-refractivity contribution in [3.05, 3.63) is 35.9 Å². The number of aliphatic carboxylic acids is 1. The van der Waals surface area contributed by atoms with Crippen LogP contribution in [0.15, 0.2) is 30.3 Å². The number of amides is 1. The Hall–Kier alpha value is -2.41. The fourth-order valence-electron chi connectivity index (χ4n) is 3.38. The summed E-state index contributed by atoms with van der Waals surface area (Å²) in [4.78, 5) is 36.9. The molecule has 0 saturated carbocycles. The van der Waals surface area contributed by atoms with Crippen molar-refractivity contribution >= 4 is 17.8 Å². The zero-order valence-electron chi connectivity index (χ0n) is 15.3. The first-order valence-corrected chi connectivity index (χ1v) is 8.77. The fourth-order valence-corrected chi connectivity index (χ4v) is 3.38. The van der Waals surface area contributed by atoms with Crippen LogP contribution in [0, 0.1) is 5.92 Å². The maximum Gasteiger partial charge on any atom is 0.307 e. The summed E-state index contributed by atoms with van der Waals surface area (Å²) in [5.74, 6) is -1.47. The van der Waals surface area contributed by atoms with Crippen LogP contribution >= 0.6 is 0 Å². The number of carbonyl (C=O) groups excluding carboxylic acids is 2. The molecule has 0 spiro atoms. The summed E-state index contributed by atoms with van der Waals surface area (Å²) in [5, 5.41) is 12.2. The lowest BCUT2D eigenvalue weighted by atomic mass is 9.94. The van der Waals surface area contributed by atoms with Crippen molar-refractivity contribution in [2.45, 2.75) is 51.9 Å². The Morgan fingerprint density at radius 2 is 1.96 bits per heavy atom. The van der Waals surface area contributed by atoms with Gasteiger partial charge < -0.3 is 15.2 Å². The Bertz CT molecular complexity index is 631. The monoisotopic (exact) mass is 362 g/mol. The highest BCUT2D eigenvalue weighted by molar-refractivity contribution is 5.80. The average molecular weight is 362 g/mol. The van der Waals surface area contributed by atoms with Crippen molar-refractivity contribution in [2.24, 2.45) is 5.92 Å². The van der Waals surface area contributed by atoms with Gasteiger partial charge in [0.25, 0.3) is 0 Å². The molecule has 2 rings (SSSR count). The van der Waals surface area contributed by atoms with E-state index in [2.05, 4.69) is 5.32 Å².